The molecule has 0 unspecified atom stereocenters. The lowest BCUT2D eigenvalue weighted by Gasteiger charge is -2.10. The van der Waals surface area contributed by atoms with Crippen LogP contribution >= 0.6 is 0 Å². The highest BCUT2D eigenvalue weighted by Crippen LogP contribution is 2.20. The number of rotatable bonds is 3. The largest absolute Gasteiger partial charge is 0.399 e. The molecule has 1 aromatic heterocycles. The zero-order valence-electron chi connectivity index (χ0n) is 9.27. The van der Waals surface area contributed by atoms with Gasteiger partial charge in [0.05, 0.1) is 0 Å². The number of pyridine rings is 1. The molecule has 3 nitrogen and oxygen atoms in total. The molecule has 82 valence electrons. The van der Waals surface area contributed by atoms with E-state index in [4.69, 9.17) is 5.73 Å². The summed E-state index contributed by atoms with van der Waals surface area (Å²) in [5.41, 5.74) is 8.77. The number of hydrogen-bond donors (Lipinski definition) is 2. The fraction of sp³-hybridized carbons (Fsp3) is 0.154. The molecule has 0 radical (unpaired) electrons. The average Bonchev–Trinajstić information content (AvgIpc) is 2.30. The first-order chi connectivity index (χ1) is 7.79. The van der Waals surface area contributed by atoms with E-state index in [0.29, 0.717) is 5.69 Å². The van der Waals surface area contributed by atoms with Crippen molar-refractivity contribution in [3.63, 3.8) is 0 Å². The van der Waals surface area contributed by atoms with Crippen LogP contribution in [0.5, 0.6) is 0 Å². The molecule has 0 bridgehead atoms. The van der Waals surface area contributed by atoms with Crippen molar-refractivity contribution in [1.29, 1.82) is 0 Å². The van der Waals surface area contributed by atoms with Gasteiger partial charge in [0.1, 0.15) is 5.82 Å². The van der Waals surface area contributed by atoms with E-state index < -0.39 is 0 Å². The molecule has 2 rings (SSSR count). The van der Waals surface area contributed by atoms with E-state index in [9.17, 15) is 0 Å². The van der Waals surface area contributed by atoms with Crippen LogP contribution in [0.3, 0.4) is 0 Å². The standard InChI is InChI=1S/C13H15N3/c1-2-10-5-3-4-6-12(10)16-13-9-11(14)7-8-15-13/h3-9H,2H2,1H3,(H3,14,15,16). The summed E-state index contributed by atoms with van der Waals surface area (Å²) in [6.45, 7) is 2.13. The van der Waals surface area contributed by atoms with Gasteiger partial charge in [-0.3, -0.25) is 0 Å². The van der Waals surface area contributed by atoms with Gasteiger partial charge in [-0.05, 0) is 24.1 Å². The van der Waals surface area contributed by atoms with E-state index in [-0.39, 0.29) is 0 Å². The summed E-state index contributed by atoms with van der Waals surface area (Å²) in [4.78, 5) is 4.22. The molecule has 3 N–H and O–H groups in total. The van der Waals surface area contributed by atoms with Crippen molar-refractivity contribution >= 4 is 17.2 Å². The van der Waals surface area contributed by atoms with E-state index >= 15 is 0 Å². The molecule has 0 amide bonds. The molecular weight excluding hydrogens is 198 g/mol. The van der Waals surface area contributed by atoms with Gasteiger partial charge in [-0.25, -0.2) is 4.98 Å². The quantitative estimate of drug-likeness (QED) is 0.824. The minimum absolute atomic E-state index is 0.714. The molecule has 0 aliphatic rings. The van der Waals surface area contributed by atoms with E-state index in [1.54, 1.807) is 12.3 Å². The second-order valence-electron chi connectivity index (χ2n) is 3.61. The Morgan fingerprint density at radius 2 is 2.06 bits per heavy atom. The van der Waals surface area contributed by atoms with Gasteiger partial charge < -0.3 is 11.1 Å². The summed E-state index contributed by atoms with van der Waals surface area (Å²) in [6, 6.07) is 11.8. The Morgan fingerprint density at radius 3 is 2.81 bits per heavy atom. The Morgan fingerprint density at radius 1 is 1.25 bits per heavy atom. The zero-order valence-corrected chi connectivity index (χ0v) is 9.27. The van der Waals surface area contributed by atoms with Gasteiger partial charge in [0.2, 0.25) is 0 Å². The van der Waals surface area contributed by atoms with Gasteiger partial charge in [-0.1, -0.05) is 25.1 Å². The second-order valence-corrected chi connectivity index (χ2v) is 3.61. The van der Waals surface area contributed by atoms with Crippen LogP contribution in [0.2, 0.25) is 0 Å². The first-order valence-electron chi connectivity index (χ1n) is 5.36. The molecule has 16 heavy (non-hydrogen) atoms. The van der Waals surface area contributed by atoms with Crippen molar-refractivity contribution < 1.29 is 0 Å². The van der Waals surface area contributed by atoms with E-state index in [1.165, 1.54) is 5.56 Å². The predicted octanol–water partition coefficient (Wildman–Crippen LogP) is 2.97. The SMILES string of the molecule is CCc1ccccc1Nc1cc(N)ccn1. The van der Waals surface area contributed by atoms with Crippen molar-refractivity contribution in [3.05, 3.63) is 48.2 Å². The Kier molecular flexibility index (Phi) is 3.05. The molecule has 1 heterocycles. The Bertz CT molecular complexity index is 480. The fourth-order valence-electron chi connectivity index (χ4n) is 1.60. The number of nitrogens with one attached hydrogen (secondary N) is 1. The molecule has 0 aliphatic heterocycles. The van der Waals surface area contributed by atoms with E-state index in [1.807, 2.05) is 24.3 Å². The number of nitrogens with zero attached hydrogens (tertiary/aromatic N) is 1. The fourth-order valence-corrected chi connectivity index (χ4v) is 1.60. The smallest absolute Gasteiger partial charge is 0.132 e. The highest BCUT2D eigenvalue weighted by molar-refractivity contribution is 5.62. The average molecular weight is 213 g/mol. The topological polar surface area (TPSA) is 50.9 Å². The summed E-state index contributed by atoms with van der Waals surface area (Å²) in [7, 11) is 0. The Balaban J connectivity index is 2.26. The lowest BCUT2D eigenvalue weighted by molar-refractivity contribution is 1.14. The number of anilines is 3. The molecule has 0 spiro atoms. The van der Waals surface area contributed by atoms with Crippen LogP contribution in [0.25, 0.3) is 0 Å². The predicted molar refractivity (Wildman–Crippen MR) is 67.8 cm³/mol. The normalized spacial score (nSPS) is 10.1. The molecule has 0 saturated heterocycles. The third kappa shape index (κ3) is 2.31. The minimum Gasteiger partial charge on any atom is -0.399 e. The Hall–Kier alpha value is -2.03. The molecule has 0 saturated carbocycles. The molecule has 0 atom stereocenters. The maximum absolute atomic E-state index is 5.70. The van der Waals surface area contributed by atoms with Gasteiger partial charge in [-0.2, -0.15) is 0 Å². The maximum atomic E-state index is 5.70. The first kappa shape index (κ1) is 10.5. The highest BCUT2D eigenvalue weighted by atomic mass is 15.0. The summed E-state index contributed by atoms with van der Waals surface area (Å²) in [6.07, 6.45) is 2.69. The van der Waals surface area contributed by atoms with Gasteiger partial charge in [0.25, 0.3) is 0 Å². The second kappa shape index (κ2) is 4.66. The lowest BCUT2D eigenvalue weighted by Crippen LogP contribution is -1.97. The summed E-state index contributed by atoms with van der Waals surface area (Å²) >= 11 is 0. The summed E-state index contributed by atoms with van der Waals surface area (Å²) in [5, 5.41) is 3.27. The first-order valence-corrected chi connectivity index (χ1v) is 5.36. The molecule has 1 aromatic carbocycles. The third-order valence-electron chi connectivity index (χ3n) is 2.44. The van der Waals surface area contributed by atoms with Gasteiger partial charge in [-0.15, -0.1) is 0 Å². The number of aryl methyl sites for hydroxylation is 1. The van der Waals surface area contributed by atoms with Crippen molar-refractivity contribution in [2.24, 2.45) is 0 Å². The number of benzene rings is 1. The monoisotopic (exact) mass is 213 g/mol. The zero-order chi connectivity index (χ0) is 11.4. The molecule has 0 aliphatic carbocycles. The van der Waals surface area contributed by atoms with Crippen molar-refractivity contribution in [3.8, 4) is 0 Å². The number of hydrogen-bond acceptors (Lipinski definition) is 3. The van der Waals surface area contributed by atoms with Crippen molar-refractivity contribution in [2.75, 3.05) is 11.1 Å². The van der Waals surface area contributed by atoms with Crippen LogP contribution in [0.15, 0.2) is 42.6 Å². The number of nitrogens with two attached hydrogens (primary N) is 1. The summed E-state index contributed by atoms with van der Waals surface area (Å²) < 4.78 is 0. The van der Waals surface area contributed by atoms with E-state index in [0.717, 1.165) is 17.9 Å². The van der Waals surface area contributed by atoms with Crippen LogP contribution in [0.4, 0.5) is 17.2 Å². The van der Waals surface area contributed by atoms with Crippen molar-refractivity contribution in [2.45, 2.75) is 13.3 Å². The molecule has 2 aromatic rings. The van der Waals surface area contributed by atoms with Crippen LogP contribution in [0, 0.1) is 0 Å². The van der Waals surface area contributed by atoms with Crippen molar-refractivity contribution in [1.82, 2.24) is 4.98 Å². The van der Waals surface area contributed by atoms with Gasteiger partial charge >= 0.3 is 0 Å². The lowest BCUT2D eigenvalue weighted by atomic mass is 10.1. The highest BCUT2D eigenvalue weighted by Gasteiger charge is 2.00. The molecule has 3 heteroatoms. The molecule has 0 fully saturated rings. The van der Waals surface area contributed by atoms with Gasteiger partial charge in [0, 0.05) is 23.6 Å². The number of aromatic nitrogens is 1. The van der Waals surface area contributed by atoms with Crippen LogP contribution in [0.1, 0.15) is 12.5 Å². The Labute approximate surface area is 95.3 Å². The summed E-state index contributed by atoms with van der Waals surface area (Å²) in [5.74, 6) is 0.779. The maximum Gasteiger partial charge on any atom is 0.132 e. The van der Waals surface area contributed by atoms with Gasteiger partial charge in [0.15, 0.2) is 0 Å². The van der Waals surface area contributed by atoms with E-state index in [2.05, 4.69) is 23.3 Å². The minimum atomic E-state index is 0.714. The van der Waals surface area contributed by atoms with Crippen LogP contribution < -0.4 is 11.1 Å². The van der Waals surface area contributed by atoms with Crippen LogP contribution in [-0.4, -0.2) is 4.98 Å². The third-order valence-corrected chi connectivity index (χ3v) is 2.44. The molecular formula is C13H15N3. The number of para-hydroxylation sites is 1. The van der Waals surface area contributed by atoms with Crippen LogP contribution in [-0.2, 0) is 6.42 Å². The number of nitrogen functional groups attached to an aromatic ring is 1.